The molecule has 2 heterocycles. The Balaban J connectivity index is 1.54. The van der Waals surface area contributed by atoms with Crippen LogP contribution in [0.1, 0.15) is 0 Å². The molecule has 1 N–H and O–H groups in total. The molecule has 0 atom stereocenters. The van der Waals surface area contributed by atoms with Crippen LogP contribution in [0.4, 0.5) is 22.7 Å². The molecule has 31 heavy (non-hydrogen) atoms. The third-order valence-corrected chi connectivity index (χ3v) is 6.18. The van der Waals surface area contributed by atoms with Crippen molar-refractivity contribution in [3.05, 3.63) is 66.7 Å². The second kappa shape index (κ2) is 8.08. The molecular weight excluding hydrogens is 382 g/mol. The molecule has 0 radical (unpaired) electrons. The molecule has 5 nitrogen and oxygen atoms in total. The van der Waals surface area contributed by atoms with Crippen LogP contribution in [0.5, 0.6) is 0 Å². The van der Waals surface area contributed by atoms with E-state index in [1.54, 1.807) is 0 Å². The molecule has 1 aliphatic heterocycles. The SMILES string of the molecule is CN1CCN(c2ccc(Nc3c4ccccc4nc4c(N(C)C)cccc34)cc2)CC1. The van der Waals surface area contributed by atoms with Gasteiger partial charge in [0, 0.05) is 62.4 Å². The van der Waals surface area contributed by atoms with Crippen LogP contribution in [0.3, 0.4) is 0 Å². The average Bonchev–Trinajstić information content (AvgIpc) is 2.79. The molecule has 0 spiro atoms. The number of aromatic nitrogens is 1. The number of hydrogen-bond donors (Lipinski definition) is 1. The quantitative estimate of drug-likeness (QED) is 0.481. The van der Waals surface area contributed by atoms with E-state index < -0.39 is 0 Å². The largest absolute Gasteiger partial charge is 0.376 e. The van der Waals surface area contributed by atoms with Crippen LogP contribution < -0.4 is 15.1 Å². The maximum absolute atomic E-state index is 4.99. The lowest BCUT2D eigenvalue weighted by atomic mass is 10.1. The predicted molar refractivity (Wildman–Crippen MR) is 133 cm³/mol. The van der Waals surface area contributed by atoms with Gasteiger partial charge in [-0.25, -0.2) is 4.98 Å². The van der Waals surface area contributed by atoms with E-state index in [2.05, 4.69) is 102 Å². The zero-order valence-corrected chi connectivity index (χ0v) is 18.5. The number of hydrogen-bond acceptors (Lipinski definition) is 5. The van der Waals surface area contributed by atoms with E-state index in [1.807, 2.05) is 6.07 Å². The van der Waals surface area contributed by atoms with Crippen molar-refractivity contribution >= 4 is 44.6 Å². The van der Waals surface area contributed by atoms with Crippen molar-refractivity contribution in [3.63, 3.8) is 0 Å². The van der Waals surface area contributed by atoms with Crippen LogP contribution in [0.15, 0.2) is 66.7 Å². The van der Waals surface area contributed by atoms with E-state index in [1.165, 1.54) is 5.69 Å². The maximum Gasteiger partial charge on any atom is 0.0963 e. The Labute approximate surface area is 183 Å². The van der Waals surface area contributed by atoms with Crippen molar-refractivity contribution in [3.8, 4) is 0 Å². The number of para-hydroxylation sites is 2. The molecule has 4 aromatic rings. The molecule has 1 fully saturated rings. The fourth-order valence-corrected chi connectivity index (χ4v) is 4.36. The average molecular weight is 412 g/mol. The first-order valence-corrected chi connectivity index (χ1v) is 10.9. The first kappa shape index (κ1) is 19.6. The predicted octanol–water partition coefficient (Wildman–Crippen LogP) is 4.95. The zero-order chi connectivity index (χ0) is 21.4. The van der Waals surface area contributed by atoms with E-state index in [0.717, 1.165) is 65.0 Å². The van der Waals surface area contributed by atoms with Gasteiger partial charge in [0.1, 0.15) is 0 Å². The molecule has 0 amide bonds. The van der Waals surface area contributed by atoms with Crippen molar-refractivity contribution in [2.24, 2.45) is 0 Å². The Bertz CT molecular complexity index is 1210. The van der Waals surface area contributed by atoms with Crippen molar-refractivity contribution < 1.29 is 0 Å². The van der Waals surface area contributed by atoms with Gasteiger partial charge in [-0.2, -0.15) is 0 Å². The Kier molecular flexibility index (Phi) is 5.12. The fourth-order valence-electron chi connectivity index (χ4n) is 4.36. The van der Waals surface area contributed by atoms with Crippen LogP contribution in [0.25, 0.3) is 21.8 Å². The molecule has 5 heteroatoms. The van der Waals surface area contributed by atoms with Gasteiger partial charge >= 0.3 is 0 Å². The molecule has 1 aromatic heterocycles. The van der Waals surface area contributed by atoms with Gasteiger partial charge in [0.2, 0.25) is 0 Å². The number of anilines is 4. The summed E-state index contributed by atoms with van der Waals surface area (Å²) < 4.78 is 0. The molecule has 1 saturated heterocycles. The van der Waals surface area contributed by atoms with Crippen LogP contribution in [-0.4, -0.2) is 57.2 Å². The highest BCUT2D eigenvalue weighted by Gasteiger charge is 2.15. The second-order valence-electron chi connectivity index (χ2n) is 8.53. The third-order valence-electron chi connectivity index (χ3n) is 6.18. The van der Waals surface area contributed by atoms with Crippen molar-refractivity contribution in [1.82, 2.24) is 9.88 Å². The minimum Gasteiger partial charge on any atom is -0.376 e. The zero-order valence-electron chi connectivity index (χ0n) is 18.5. The van der Waals surface area contributed by atoms with Gasteiger partial charge in [-0.1, -0.05) is 30.3 Å². The van der Waals surface area contributed by atoms with E-state index in [9.17, 15) is 0 Å². The maximum atomic E-state index is 4.99. The number of likely N-dealkylation sites (N-methyl/N-ethyl adjacent to an activating group) is 1. The highest BCUT2D eigenvalue weighted by molar-refractivity contribution is 6.11. The van der Waals surface area contributed by atoms with Crippen LogP contribution in [-0.2, 0) is 0 Å². The Hall–Kier alpha value is -3.31. The number of pyridine rings is 1. The minimum absolute atomic E-state index is 1.00. The summed E-state index contributed by atoms with van der Waals surface area (Å²) in [6.45, 7) is 4.39. The van der Waals surface area contributed by atoms with Crippen LogP contribution >= 0.6 is 0 Å². The number of piperazine rings is 1. The van der Waals surface area contributed by atoms with E-state index in [-0.39, 0.29) is 0 Å². The second-order valence-corrected chi connectivity index (χ2v) is 8.53. The molecule has 3 aromatic carbocycles. The van der Waals surface area contributed by atoms with Crippen LogP contribution in [0, 0.1) is 0 Å². The van der Waals surface area contributed by atoms with Gasteiger partial charge in [0.25, 0.3) is 0 Å². The smallest absolute Gasteiger partial charge is 0.0963 e. The molecule has 5 rings (SSSR count). The Morgan fingerprint density at radius 1 is 0.806 bits per heavy atom. The minimum atomic E-state index is 1.00. The van der Waals surface area contributed by atoms with Gasteiger partial charge in [-0.3, -0.25) is 0 Å². The molecule has 0 saturated carbocycles. The van der Waals surface area contributed by atoms with E-state index >= 15 is 0 Å². The summed E-state index contributed by atoms with van der Waals surface area (Å²) in [7, 11) is 6.32. The summed E-state index contributed by atoms with van der Waals surface area (Å²) in [5.41, 5.74) is 6.63. The van der Waals surface area contributed by atoms with E-state index in [4.69, 9.17) is 4.98 Å². The summed E-state index contributed by atoms with van der Waals surface area (Å²) in [6.07, 6.45) is 0. The lowest BCUT2D eigenvalue weighted by Gasteiger charge is -2.34. The lowest BCUT2D eigenvalue weighted by molar-refractivity contribution is 0.313. The standard InChI is InChI=1S/C26H29N5/c1-29(2)24-10-6-8-22-25(21-7-4-5-9-23(21)28-26(22)24)27-19-11-13-20(14-12-19)31-17-15-30(3)16-18-31/h4-14H,15-18H2,1-3H3,(H,27,28). The number of benzene rings is 3. The third kappa shape index (κ3) is 3.77. The van der Waals surface area contributed by atoms with Crippen molar-refractivity contribution in [2.45, 2.75) is 0 Å². The van der Waals surface area contributed by atoms with E-state index in [0.29, 0.717) is 0 Å². The Morgan fingerprint density at radius 2 is 1.52 bits per heavy atom. The summed E-state index contributed by atoms with van der Waals surface area (Å²) >= 11 is 0. The summed E-state index contributed by atoms with van der Waals surface area (Å²) in [5, 5.41) is 5.97. The number of fused-ring (bicyclic) bond motifs is 2. The molecule has 0 aliphatic carbocycles. The van der Waals surface area contributed by atoms with Gasteiger partial charge in [0.15, 0.2) is 0 Å². The highest BCUT2D eigenvalue weighted by atomic mass is 15.2. The Morgan fingerprint density at radius 3 is 2.26 bits per heavy atom. The molecule has 0 unspecified atom stereocenters. The molecule has 1 aliphatic rings. The number of nitrogens with one attached hydrogen (secondary N) is 1. The molecule has 158 valence electrons. The van der Waals surface area contributed by atoms with Crippen molar-refractivity contribution in [1.29, 1.82) is 0 Å². The van der Waals surface area contributed by atoms with Gasteiger partial charge in [-0.15, -0.1) is 0 Å². The fraction of sp³-hybridized carbons (Fsp3) is 0.269. The number of rotatable bonds is 4. The summed E-state index contributed by atoms with van der Waals surface area (Å²) in [4.78, 5) is 12.0. The summed E-state index contributed by atoms with van der Waals surface area (Å²) in [6, 6.07) is 23.6. The van der Waals surface area contributed by atoms with Gasteiger partial charge in [-0.05, 0) is 43.4 Å². The van der Waals surface area contributed by atoms with Gasteiger partial charge in [0.05, 0.1) is 22.4 Å². The lowest BCUT2D eigenvalue weighted by Crippen LogP contribution is -2.44. The first-order valence-electron chi connectivity index (χ1n) is 10.9. The number of nitrogens with zero attached hydrogens (tertiary/aromatic N) is 4. The summed E-state index contributed by atoms with van der Waals surface area (Å²) in [5.74, 6) is 0. The van der Waals surface area contributed by atoms with Crippen molar-refractivity contribution in [2.75, 3.05) is 62.4 Å². The topological polar surface area (TPSA) is 34.6 Å². The van der Waals surface area contributed by atoms with Crippen LogP contribution in [0.2, 0.25) is 0 Å². The molecule has 0 bridgehead atoms. The molecular formula is C26H29N5. The normalized spacial score (nSPS) is 14.9. The first-order chi connectivity index (χ1) is 15.1. The monoisotopic (exact) mass is 411 g/mol. The highest BCUT2D eigenvalue weighted by Crippen LogP contribution is 2.36. The van der Waals surface area contributed by atoms with Gasteiger partial charge < -0.3 is 20.0 Å².